The summed E-state index contributed by atoms with van der Waals surface area (Å²) in [6.45, 7) is 2.92. The summed E-state index contributed by atoms with van der Waals surface area (Å²) < 4.78 is 13.5. The van der Waals surface area contributed by atoms with E-state index in [0.29, 0.717) is 35.2 Å². The fourth-order valence-corrected chi connectivity index (χ4v) is 3.42. The molecule has 30 heavy (non-hydrogen) atoms. The van der Waals surface area contributed by atoms with Gasteiger partial charge in [-0.15, -0.1) is 0 Å². The number of hydrogen-bond acceptors (Lipinski definition) is 5. The van der Waals surface area contributed by atoms with Crippen LogP contribution in [0.5, 0.6) is 0 Å². The van der Waals surface area contributed by atoms with Gasteiger partial charge in [-0.05, 0) is 42.5 Å². The van der Waals surface area contributed by atoms with Gasteiger partial charge in [0.25, 0.3) is 11.5 Å². The highest BCUT2D eigenvalue weighted by atomic mass is 19.1. The number of aromatic nitrogens is 1. The summed E-state index contributed by atoms with van der Waals surface area (Å²) in [5.74, 6) is -0.419. The number of carbonyl (C=O) groups excluding carboxylic acids is 1. The second-order valence-corrected chi connectivity index (χ2v) is 7.11. The molecule has 0 atom stereocenters. The monoisotopic (exact) mass is 407 g/mol. The van der Waals surface area contributed by atoms with Crippen LogP contribution in [0.4, 0.5) is 10.1 Å². The summed E-state index contributed by atoms with van der Waals surface area (Å²) in [6, 6.07) is 12.8. The summed E-state index contributed by atoms with van der Waals surface area (Å²) in [6.07, 6.45) is 1.49. The number of anilines is 1. The predicted octanol–water partition coefficient (Wildman–Crippen LogP) is 2.08. The molecule has 0 spiro atoms. The lowest BCUT2D eigenvalue weighted by Gasteiger charge is -2.27. The Kier molecular flexibility index (Phi) is 5.49. The Hall–Kier alpha value is -3.65. The van der Waals surface area contributed by atoms with Crippen molar-refractivity contribution >= 4 is 28.2 Å². The van der Waals surface area contributed by atoms with Crippen molar-refractivity contribution in [3.05, 3.63) is 82.0 Å². The van der Waals surface area contributed by atoms with E-state index in [1.807, 2.05) is 4.90 Å². The number of pyridine rings is 1. The van der Waals surface area contributed by atoms with Gasteiger partial charge in [-0.3, -0.25) is 9.59 Å². The molecule has 2 heterocycles. The van der Waals surface area contributed by atoms with Crippen molar-refractivity contribution < 1.29 is 9.18 Å². The van der Waals surface area contributed by atoms with E-state index in [-0.39, 0.29) is 22.7 Å². The van der Waals surface area contributed by atoms with Gasteiger partial charge in [0.15, 0.2) is 0 Å². The molecule has 0 unspecified atom stereocenters. The first-order valence-corrected chi connectivity index (χ1v) is 9.66. The number of carbonyl (C=O) groups is 1. The molecule has 3 aromatic rings. The van der Waals surface area contributed by atoms with Crippen molar-refractivity contribution in [1.82, 2.24) is 15.2 Å². The number of rotatable bonds is 4. The molecular formula is C22H22FN5O2. The van der Waals surface area contributed by atoms with Crippen LogP contribution in [-0.4, -0.2) is 42.0 Å². The van der Waals surface area contributed by atoms with E-state index in [2.05, 4.69) is 15.6 Å². The summed E-state index contributed by atoms with van der Waals surface area (Å²) in [5.41, 5.74) is 7.93. The summed E-state index contributed by atoms with van der Waals surface area (Å²) in [5, 5.41) is 6.80. The van der Waals surface area contributed by atoms with Gasteiger partial charge >= 0.3 is 0 Å². The Balaban J connectivity index is 1.55. The zero-order valence-corrected chi connectivity index (χ0v) is 16.2. The fraction of sp³-hybridized carbons (Fsp3) is 0.182. The Morgan fingerprint density at radius 1 is 1.13 bits per heavy atom. The lowest BCUT2D eigenvalue weighted by atomic mass is 10.1. The first-order valence-electron chi connectivity index (χ1n) is 9.66. The van der Waals surface area contributed by atoms with E-state index in [0.717, 1.165) is 13.1 Å². The molecule has 0 aliphatic carbocycles. The third-order valence-corrected chi connectivity index (χ3v) is 5.03. The van der Waals surface area contributed by atoms with Crippen molar-refractivity contribution in [1.29, 1.82) is 0 Å². The maximum Gasteiger partial charge on any atom is 0.257 e. The van der Waals surface area contributed by atoms with Gasteiger partial charge in [-0.2, -0.15) is 0 Å². The molecule has 1 aliphatic heterocycles. The Morgan fingerprint density at radius 3 is 2.73 bits per heavy atom. The van der Waals surface area contributed by atoms with E-state index in [4.69, 9.17) is 5.73 Å². The third-order valence-electron chi connectivity index (χ3n) is 5.03. The van der Waals surface area contributed by atoms with Gasteiger partial charge in [0.05, 0.1) is 11.3 Å². The number of nitrogens with two attached hydrogens (primary N) is 1. The van der Waals surface area contributed by atoms with Crippen molar-refractivity contribution in [3.63, 3.8) is 0 Å². The number of H-pyrrole nitrogens is 1. The molecule has 4 rings (SSSR count). The standard InChI is InChI=1S/C22H22FN5O2/c23-16-4-5-20-15(10-16)12-18(21(29)27-20)19(24)13-26-17-3-1-2-14(11-17)22(30)28-8-6-25-7-9-28/h1-5,10-13,25-26H,6-9,24H2,(H,27,29)/b19-13-. The fourth-order valence-electron chi connectivity index (χ4n) is 3.42. The quantitative estimate of drug-likeness (QED) is 0.530. The predicted molar refractivity (Wildman–Crippen MR) is 116 cm³/mol. The van der Waals surface area contributed by atoms with Crippen molar-refractivity contribution in [2.75, 3.05) is 31.5 Å². The second kappa shape index (κ2) is 8.38. The maximum absolute atomic E-state index is 13.5. The van der Waals surface area contributed by atoms with Gasteiger partial charge in [0.1, 0.15) is 5.82 Å². The molecule has 7 nitrogen and oxygen atoms in total. The number of halogens is 1. The number of hydrogen-bond donors (Lipinski definition) is 4. The highest BCUT2D eigenvalue weighted by molar-refractivity contribution is 5.95. The second-order valence-electron chi connectivity index (χ2n) is 7.11. The number of benzene rings is 2. The number of amides is 1. The minimum Gasteiger partial charge on any atom is -0.397 e. The number of nitrogens with one attached hydrogen (secondary N) is 3. The smallest absolute Gasteiger partial charge is 0.257 e. The summed E-state index contributed by atoms with van der Waals surface area (Å²) in [7, 11) is 0. The molecular weight excluding hydrogens is 385 g/mol. The number of piperazine rings is 1. The minimum absolute atomic E-state index is 0.0231. The molecule has 1 fully saturated rings. The molecule has 1 amide bonds. The van der Waals surface area contributed by atoms with Crippen LogP contribution in [0.3, 0.4) is 0 Å². The van der Waals surface area contributed by atoms with Crippen molar-refractivity contribution in [2.24, 2.45) is 5.73 Å². The lowest BCUT2D eigenvalue weighted by Crippen LogP contribution is -2.46. The van der Waals surface area contributed by atoms with E-state index in [9.17, 15) is 14.0 Å². The van der Waals surface area contributed by atoms with Gasteiger partial charge < -0.3 is 26.3 Å². The van der Waals surface area contributed by atoms with Crippen LogP contribution >= 0.6 is 0 Å². The van der Waals surface area contributed by atoms with E-state index < -0.39 is 5.82 Å². The van der Waals surface area contributed by atoms with Gasteiger partial charge in [-0.1, -0.05) is 6.07 Å². The average Bonchev–Trinajstić information content (AvgIpc) is 2.77. The molecule has 8 heteroatoms. The summed E-state index contributed by atoms with van der Waals surface area (Å²) in [4.78, 5) is 29.5. The van der Waals surface area contributed by atoms with Crippen LogP contribution in [0.25, 0.3) is 16.6 Å². The van der Waals surface area contributed by atoms with Gasteiger partial charge in [0, 0.05) is 54.5 Å². The van der Waals surface area contributed by atoms with Crippen molar-refractivity contribution in [2.45, 2.75) is 0 Å². The molecule has 154 valence electrons. The van der Waals surface area contributed by atoms with Crippen molar-refractivity contribution in [3.8, 4) is 0 Å². The molecule has 1 aromatic heterocycles. The van der Waals surface area contributed by atoms with Crippen LogP contribution in [0.2, 0.25) is 0 Å². The summed E-state index contributed by atoms with van der Waals surface area (Å²) >= 11 is 0. The SMILES string of the molecule is N/C(=C\Nc1cccc(C(=O)N2CCNCC2)c1)c1cc2cc(F)ccc2[nH]c1=O. The van der Waals surface area contributed by atoms with E-state index >= 15 is 0 Å². The zero-order chi connectivity index (χ0) is 21.1. The number of aromatic amines is 1. The molecule has 0 radical (unpaired) electrons. The molecule has 0 bridgehead atoms. The lowest BCUT2D eigenvalue weighted by molar-refractivity contribution is 0.0736. The van der Waals surface area contributed by atoms with Gasteiger partial charge in [-0.25, -0.2) is 4.39 Å². The first-order chi connectivity index (χ1) is 14.5. The first kappa shape index (κ1) is 19.7. The minimum atomic E-state index is -0.396. The number of fused-ring (bicyclic) bond motifs is 1. The Labute approximate surface area is 172 Å². The topological polar surface area (TPSA) is 103 Å². The Morgan fingerprint density at radius 2 is 1.93 bits per heavy atom. The van der Waals surface area contributed by atoms with Crippen LogP contribution in [-0.2, 0) is 0 Å². The number of nitrogens with zero attached hydrogens (tertiary/aromatic N) is 1. The van der Waals surface area contributed by atoms with Crippen LogP contribution in [0.15, 0.2) is 59.5 Å². The normalized spacial score (nSPS) is 14.7. The highest BCUT2D eigenvalue weighted by Gasteiger charge is 2.18. The molecule has 1 saturated heterocycles. The van der Waals surface area contributed by atoms with Gasteiger partial charge in [0.2, 0.25) is 0 Å². The molecule has 2 aromatic carbocycles. The van der Waals surface area contributed by atoms with Crippen LogP contribution < -0.4 is 21.9 Å². The zero-order valence-electron chi connectivity index (χ0n) is 16.2. The largest absolute Gasteiger partial charge is 0.397 e. The van der Waals surface area contributed by atoms with E-state index in [1.165, 1.54) is 24.4 Å². The molecule has 1 aliphatic rings. The van der Waals surface area contributed by atoms with Crippen LogP contribution in [0, 0.1) is 5.82 Å². The van der Waals surface area contributed by atoms with E-state index in [1.54, 1.807) is 30.3 Å². The molecule has 0 saturated carbocycles. The average molecular weight is 407 g/mol. The third kappa shape index (κ3) is 4.18. The maximum atomic E-state index is 13.5. The highest BCUT2D eigenvalue weighted by Crippen LogP contribution is 2.17. The Bertz CT molecular complexity index is 1180. The molecule has 5 N–H and O–H groups in total. The van der Waals surface area contributed by atoms with Crippen LogP contribution in [0.1, 0.15) is 15.9 Å².